The first-order chi connectivity index (χ1) is 15.0. The number of halogens is 3. The van der Waals surface area contributed by atoms with Crippen molar-refractivity contribution in [3.63, 3.8) is 0 Å². The van der Waals surface area contributed by atoms with Gasteiger partial charge in [-0.2, -0.15) is 0 Å². The molecule has 2 amide bonds. The summed E-state index contributed by atoms with van der Waals surface area (Å²) in [7, 11) is 0. The molecule has 5 rings (SSSR count). The summed E-state index contributed by atoms with van der Waals surface area (Å²) in [4.78, 5) is 18.3. The van der Waals surface area contributed by atoms with E-state index >= 15 is 0 Å². The minimum atomic E-state index is -0.434. The summed E-state index contributed by atoms with van der Waals surface area (Å²) in [6, 6.07) is 16.7. The maximum atomic E-state index is 13.6. The van der Waals surface area contributed by atoms with Crippen molar-refractivity contribution in [2.75, 3.05) is 11.9 Å². The molecule has 1 atom stereocenters. The number of rotatable bonds is 2. The fraction of sp³-hybridized carbons (Fsp3) is 0.125. The van der Waals surface area contributed by atoms with Gasteiger partial charge in [0, 0.05) is 33.9 Å². The largest absolute Gasteiger partial charge is 0.356 e. The van der Waals surface area contributed by atoms with Crippen LogP contribution >= 0.6 is 11.6 Å². The van der Waals surface area contributed by atoms with Crippen molar-refractivity contribution in [2.24, 2.45) is 0 Å². The molecule has 7 heteroatoms. The number of H-pyrrole nitrogens is 1. The van der Waals surface area contributed by atoms with Crippen LogP contribution in [0.3, 0.4) is 0 Å². The van der Waals surface area contributed by atoms with Crippen molar-refractivity contribution in [1.82, 2.24) is 9.88 Å². The average molecular weight is 438 g/mol. The molecule has 1 aliphatic heterocycles. The van der Waals surface area contributed by atoms with Gasteiger partial charge in [-0.05, 0) is 72.1 Å². The third-order valence-electron chi connectivity index (χ3n) is 5.63. The summed E-state index contributed by atoms with van der Waals surface area (Å²) in [6.45, 7) is 0.460. The molecule has 1 aromatic heterocycles. The van der Waals surface area contributed by atoms with Crippen LogP contribution < -0.4 is 5.32 Å². The predicted molar refractivity (Wildman–Crippen MR) is 117 cm³/mol. The molecule has 4 aromatic rings. The maximum absolute atomic E-state index is 13.6. The quantitative estimate of drug-likeness (QED) is 0.381. The number of nitrogens with one attached hydrogen (secondary N) is 2. The van der Waals surface area contributed by atoms with Gasteiger partial charge in [0.05, 0.1) is 6.04 Å². The van der Waals surface area contributed by atoms with E-state index in [2.05, 4.69) is 10.3 Å². The molecule has 31 heavy (non-hydrogen) atoms. The minimum absolute atomic E-state index is 0.316. The number of amides is 2. The lowest BCUT2D eigenvalue weighted by Crippen LogP contribution is -2.43. The molecule has 2 N–H and O–H groups in total. The van der Waals surface area contributed by atoms with E-state index < -0.39 is 6.04 Å². The van der Waals surface area contributed by atoms with E-state index in [1.165, 1.54) is 36.4 Å². The van der Waals surface area contributed by atoms with Crippen LogP contribution in [-0.2, 0) is 6.42 Å². The second-order valence-corrected chi connectivity index (χ2v) is 7.98. The number of nitrogens with zero attached hydrogens (tertiary/aromatic N) is 1. The van der Waals surface area contributed by atoms with Gasteiger partial charge in [0.2, 0.25) is 0 Å². The topological polar surface area (TPSA) is 48.1 Å². The average Bonchev–Trinajstić information content (AvgIpc) is 3.13. The number of hydrogen-bond donors (Lipinski definition) is 2. The highest BCUT2D eigenvalue weighted by atomic mass is 35.5. The van der Waals surface area contributed by atoms with Crippen LogP contribution in [0.25, 0.3) is 10.9 Å². The number of benzene rings is 3. The summed E-state index contributed by atoms with van der Waals surface area (Å²) in [5.74, 6) is -0.716. The van der Waals surface area contributed by atoms with E-state index in [-0.39, 0.29) is 17.7 Å². The second kappa shape index (κ2) is 7.71. The van der Waals surface area contributed by atoms with E-state index in [1.54, 1.807) is 17.0 Å². The van der Waals surface area contributed by atoms with Crippen molar-refractivity contribution >= 4 is 34.2 Å². The molecule has 0 aliphatic carbocycles. The molecular formula is C24H18ClF2N3O. The first-order valence-electron chi connectivity index (χ1n) is 9.88. The van der Waals surface area contributed by atoms with Gasteiger partial charge in [-0.25, -0.2) is 13.6 Å². The highest BCUT2D eigenvalue weighted by Crippen LogP contribution is 2.39. The van der Waals surface area contributed by atoms with Gasteiger partial charge >= 0.3 is 6.03 Å². The van der Waals surface area contributed by atoms with Crippen LogP contribution in [0.2, 0.25) is 5.02 Å². The summed E-state index contributed by atoms with van der Waals surface area (Å²) < 4.78 is 26.8. The lowest BCUT2D eigenvalue weighted by atomic mass is 9.92. The first-order valence-corrected chi connectivity index (χ1v) is 10.3. The third kappa shape index (κ3) is 3.64. The maximum Gasteiger partial charge on any atom is 0.322 e. The van der Waals surface area contributed by atoms with E-state index in [0.717, 1.165) is 27.7 Å². The van der Waals surface area contributed by atoms with Crippen LogP contribution in [0.15, 0.2) is 66.7 Å². The Balaban J connectivity index is 1.58. The smallest absolute Gasteiger partial charge is 0.322 e. The second-order valence-electron chi connectivity index (χ2n) is 7.54. The molecule has 0 fully saturated rings. The zero-order valence-corrected chi connectivity index (χ0v) is 17.1. The SMILES string of the molecule is O=C(Nc1ccc(F)cc1)N1CCc2c([nH]c3ccc(Cl)cc23)[C@@H]1c1ccc(F)cc1. The van der Waals surface area contributed by atoms with Crippen LogP contribution in [0.1, 0.15) is 22.9 Å². The molecule has 3 aromatic carbocycles. The number of anilines is 1. The third-order valence-corrected chi connectivity index (χ3v) is 5.87. The van der Waals surface area contributed by atoms with Gasteiger partial charge in [0.15, 0.2) is 0 Å². The number of carbonyl (C=O) groups excluding carboxylic acids is 1. The molecule has 0 bridgehead atoms. The Labute approximate surface area is 182 Å². The van der Waals surface area contributed by atoms with Gasteiger partial charge in [-0.1, -0.05) is 23.7 Å². The predicted octanol–water partition coefficient (Wildman–Crippen LogP) is 6.28. The van der Waals surface area contributed by atoms with Crippen LogP contribution in [0.4, 0.5) is 19.3 Å². The normalized spacial score (nSPS) is 15.7. The Kier molecular flexibility index (Phi) is 4.87. The van der Waals surface area contributed by atoms with E-state index in [0.29, 0.717) is 23.7 Å². The van der Waals surface area contributed by atoms with Gasteiger partial charge in [0.1, 0.15) is 11.6 Å². The van der Waals surface area contributed by atoms with Gasteiger partial charge < -0.3 is 15.2 Å². The fourth-order valence-corrected chi connectivity index (χ4v) is 4.37. The van der Waals surface area contributed by atoms with Gasteiger partial charge in [-0.15, -0.1) is 0 Å². The van der Waals surface area contributed by atoms with Crippen molar-refractivity contribution in [3.8, 4) is 0 Å². The number of carbonyl (C=O) groups is 1. The molecule has 156 valence electrons. The van der Waals surface area contributed by atoms with Crippen LogP contribution in [0, 0.1) is 11.6 Å². The highest BCUT2D eigenvalue weighted by Gasteiger charge is 2.34. The standard InChI is InChI=1S/C24H18ClF2N3O/c25-15-3-10-21-20(13-15)19-11-12-30(24(31)28-18-8-6-17(27)7-9-18)23(22(19)29-21)14-1-4-16(26)5-2-14/h1-10,13,23,29H,11-12H2,(H,28,31)/t23-/m0/s1. The Bertz CT molecular complexity index is 1270. The molecule has 4 nitrogen and oxygen atoms in total. The fourth-order valence-electron chi connectivity index (χ4n) is 4.20. The highest BCUT2D eigenvalue weighted by molar-refractivity contribution is 6.31. The molecule has 0 saturated heterocycles. The van der Waals surface area contributed by atoms with Crippen molar-refractivity contribution in [1.29, 1.82) is 0 Å². The Morgan fingerprint density at radius 1 is 1.00 bits per heavy atom. The molecule has 0 spiro atoms. The summed E-state index contributed by atoms with van der Waals surface area (Å²) in [5.41, 5.74) is 4.19. The number of fused-ring (bicyclic) bond motifs is 3. The Morgan fingerprint density at radius 2 is 1.68 bits per heavy atom. The Morgan fingerprint density at radius 3 is 2.39 bits per heavy atom. The van der Waals surface area contributed by atoms with Gasteiger partial charge in [-0.3, -0.25) is 0 Å². The van der Waals surface area contributed by atoms with Crippen molar-refractivity contribution < 1.29 is 13.6 Å². The van der Waals surface area contributed by atoms with E-state index in [9.17, 15) is 13.6 Å². The summed E-state index contributed by atoms with van der Waals surface area (Å²) in [6.07, 6.45) is 0.643. The van der Waals surface area contributed by atoms with E-state index in [4.69, 9.17) is 11.6 Å². The molecule has 0 saturated carbocycles. The van der Waals surface area contributed by atoms with E-state index in [1.807, 2.05) is 18.2 Å². The number of aromatic nitrogens is 1. The first kappa shape index (κ1) is 19.6. The van der Waals surface area contributed by atoms with Crippen molar-refractivity contribution in [2.45, 2.75) is 12.5 Å². The Hall–Kier alpha value is -3.38. The lowest BCUT2D eigenvalue weighted by Gasteiger charge is -2.36. The summed E-state index contributed by atoms with van der Waals surface area (Å²) >= 11 is 6.21. The molecule has 0 radical (unpaired) electrons. The lowest BCUT2D eigenvalue weighted by molar-refractivity contribution is 0.193. The minimum Gasteiger partial charge on any atom is -0.356 e. The van der Waals surface area contributed by atoms with Crippen LogP contribution in [0.5, 0.6) is 0 Å². The number of hydrogen-bond acceptors (Lipinski definition) is 1. The molecule has 2 heterocycles. The van der Waals surface area contributed by atoms with Gasteiger partial charge in [0.25, 0.3) is 0 Å². The zero-order chi connectivity index (χ0) is 21.5. The molecule has 1 aliphatic rings. The summed E-state index contributed by atoms with van der Waals surface area (Å²) in [5, 5.41) is 4.50. The number of urea groups is 1. The van der Waals surface area contributed by atoms with Crippen molar-refractivity contribution in [3.05, 3.63) is 100 Å². The van der Waals surface area contributed by atoms with Crippen LogP contribution in [-0.4, -0.2) is 22.5 Å². The zero-order valence-electron chi connectivity index (χ0n) is 16.3. The monoisotopic (exact) mass is 437 g/mol. The number of aromatic amines is 1. The molecular weight excluding hydrogens is 420 g/mol. The molecule has 0 unspecified atom stereocenters.